The summed E-state index contributed by atoms with van der Waals surface area (Å²) in [6.07, 6.45) is 1.89. The Hall–Kier alpha value is -6.26. The van der Waals surface area contributed by atoms with Gasteiger partial charge in [-0.05, 0) is 91.7 Å². The molecule has 4 heteroatoms. The molecule has 4 nitrogen and oxygen atoms in total. The van der Waals surface area contributed by atoms with Crippen LogP contribution in [0.5, 0.6) is 5.75 Å². The van der Waals surface area contributed by atoms with Crippen molar-refractivity contribution in [3.8, 4) is 72.9 Å². The van der Waals surface area contributed by atoms with Gasteiger partial charge in [0.15, 0.2) is 0 Å². The number of hydrogen-bond acceptors (Lipinski definition) is 3. The zero-order valence-corrected chi connectivity index (χ0v) is 32.7. The predicted molar refractivity (Wildman–Crippen MR) is 230 cm³/mol. The second-order valence-corrected chi connectivity index (χ2v) is 16.6. The van der Waals surface area contributed by atoms with Gasteiger partial charge in [0.2, 0.25) is 0 Å². The third-order valence-corrected chi connectivity index (χ3v) is 10.7. The minimum atomic E-state index is -0.256. The molecule has 0 bridgehead atoms. The first kappa shape index (κ1) is 35.8. The van der Waals surface area contributed by atoms with Crippen LogP contribution in [0, 0.1) is 0 Å². The highest BCUT2D eigenvalue weighted by Gasteiger charge is 2.28. The zero-order valence-electron chi connectivity index (χ0n) is 32.7. The molecule has 0 saturated heterocycles. The molecule has 6 aromatic carbocycles. The monoisotopic (exact) mass is 717 g/mol. The largest absolute Gasteiger partial charge is 0.507 e. The number of fused-ring (bicyclic) bond motifs is 1. The van der Waals surface area contributed by atoms with Crippen LogP contribution in [0.1, 0.15) is 52.7 Å². The van der Waals surface area contributed by atoms with E-state index in [9.17, 15) is 5.11 Å². The molecule has 0 radical (unpaired) electrons. The fourth-order valence-corrected chi connectivity index (χ4v) is 7.45. The quantitative estimate of drug-likeness (QED) is 0.186. The van der Waals surface area contributed by atoms with Gasteiger partial charge in [-0.25, -0.2) is 4.98 Å². The normalized spacial score (nSPS) is 12.0. The highest BCUT2D eigenvalue weighted by molar-refractivity contribution is 5.99. The van der Waals surface area contributed by atoms with Gasteiger partial charge in [0.25, 0.3) is 0 Å². The molecule has 1 N–H and O–H groups in total. The van der Waals surface area contributed by atoms with Crippen molar-refractivity contribution in [1.82, 2.24) is 14.5 Å². The van der Waals surface area contributed by atoms with Crippen molar-refractivity contribution < 1.29 is 5.11 Å². The number of nitrogens with zero attached hydrogens (tertiary/aromatic N) is 3. The van der Waals surface area contributed by atoms with Crippen LogP contribution in [-0.2, 0) is 17.9 Å². The standard InChI is InChI=1S/C51H47N3O/c1-50(2,3)41-31-43(48(55)44(32-41)51(4,5)6)49-53-47-42(28-40(30-46(47)54(49)7)34-17-12-9-13-18-34)38-19-14-20-39(27-38)45-29-37(25-26-52-45)36-23-21-35(22-24-36)33-15-10-8-11-16-33/h8-32,55H,1-7H3. The molecule has 0 aliphatic rings. The van der Waals surface area contributed by atoms with Crippen LogP contribution in [0.25, 0.3) is 78.2 Å². The number of imidazole rings is 1. The number of pyridine rings is 1. The summed E-state index contributed by atoms with van der Waals surface area (Å²) >= 11 is 0. The smallest absolute Gasteiger partial charge is 0.144 e. The number of rotatable bonds is 6. The van der Waals surface area contributed by atoms with Crippen LogP contribution >= 0.6 is 0 Å². The minimum absolute atomic E-state index is 0.115. The number of aryl methyl sites for hydroxylation is 1. The summed E-state index contributed by atoms with van der Waals surface area (Å²) in [5.41, 5.74) is 15.2. The summed E-state index contributed by atoms with van der Waals surface area (Å²) < 4.78 is 2.14. The lowest BCUT2D eigenvalue weighted by molar-refractivity contribution is 0.446. The first-order valence-corrected chi connectivity index (χ1v) is 19.0. The van der Waals surface area contributed by atoms with Gasteiger partial charge in [-0.1, -0.05) is 151 Å². The van der Waals surface area contributed by atoms with Crippen LogP contribution in [0.15, 0.2) is 152 Å². The van der Waals surface area contributed by atoms with Crippen molar-refractivity contribution in [3.05, 3.63) is 163 Å². The molecular weight excluding hydrogens is 671 g/mol. The molecule has 0 unspecified atom stereocenters. The molecule has 2 heterocycles. The first-order chi connectivity index (χ1) is 26.3. The van der Waals surface area contributed by atoms with E-state index in [0.29, 0.717) is 0 Å². The lowest BCUT2D eigenvalue weighted by Gasteiger charge is -2.27. The van der Waals surface area contributed by atoms with Crippen molar-refractivity contribution in [2.45, 2.75) is 52.4 Å². The van der Waals surface area contributed by atoms with E-state index in [1.54, 1.807) is 0 Å². The molecule has 0 fully saturated rings. The summed E-state index contributed by atoms with van der Waals surface area (Å²) in [6, 6.07) is 51.3. The summed E-state index contributed by atoms with van der Waals surface area (Å²) in [4.78, 5) is 10.2. The van der Waals surface area contributed by atoms with Gasteiger partial charge >= 0.3 is 0 Å². The Kier molecular flexibility index (Phi) is 9.01. The Morgan fingerprint density at radius 3 is 1.71 bits per heavy atom. The zero-order chi connectivity index (χ0) is 38.5. The average Bonchev–Trinajstić information content (AvgIpc) is 3.53. The molecule has 0 spiro atoms. The van der Waals surface area contributed by atoms with Crippen LogP contribution in [0.2, 0.25) is 0 Å². The first-order valence-electron chi connectivity index (χ1n) is 19.0. The van der Waals surface area contributed by atoms with Crippen LogP contribution in [0.4, 0.5) is 0 Å². The number of benzene rings is 6. The van der Waals surface area contributed by atoms with E-state index in [4.69, 9.17) is 9.97 Å². The third kappa shape index (κ3) is 6.97. The molecule has 2 aromatic heterocycles. The van der Waals surface area contributed by atoms with E-state index < -0.39 is 0 Å². The lowest BCUT2D eigenvalue weighted by Crippen LogP contribution is -2.17. The predicted octanol–water partition coefficient (Wildman–Crippen LogP) is 13.3. The van der Waals surface area contributed by atoms with E-state index in [2.05, 4.69) is 187 Å². The Morgan fingerprint density at radius 1 is 0.491 bits per heavy atom. The maximum atomic E-state index is 11.9. The Balaban J connectivity index is 1.26. The molecule has 0 aliphatic heterocycles. The van der Waals surface area contributed by atoms with Crippen molar-refractivity contribution in [3.63, 3.8) is 0 Å². The SMILES string of the molecule is Cn1c(-c2cc(C(C)(C)C)cc(C(C)(C)C)c2O)nc2c(-c3cccc(-c4cc(-c5ccc(-c6ccccc6)cc5)ccn4)c3)cc(-c3ccccc3)cc21. The molecule has 0 aliphatic carbocycles. The number of aromatic hydroxyl groups is 1. The van der Waals surface area contributed by atoms with Gasteiger partial charge in [0.05, 0.1) is 22.3 Å². The molecule has 0 amide bonds. The van der Waals surface area contributed by atoms with E-state index in [0.717, 1.165) is 78.2 Å². The van der Waals surface area contributed by atoms with Crippen molar-refractivity contribution in [2.24, 2.45) is 7.05 Å². The average molecular weight is 718 g/mol. The van der Waals surface area contributed by atoms with Gasteiger partial charge in [-0.3, -0.25) is 4.98 Å². The van der Waals surface area contributed by atoms with Crippen molar-refractivity contribution >= 4 is 11.0 Å². The fourth-order valence-electron chi connectivity index (χ4n) is 7.45. The summed E-state index contributed by atoms with van der Waals surface area (Å²) in [5.74, 6) is 1.02. The van der Waals surface area contributed by atoms with Crippen LogP contribution < -0.4 is 0 Å². The third-order valence-electron chi connectivity index (χ3n) is 10.7. The Bertz CT molecular complexity index is 2660. The van der Waals surface area contributed by atoms with Crippen LogP contribution in [-0.4, -0.2) is 19.6 Å². The van der Waals surface area contributed by atoms with E-state index in [1.807, 2.05) is 18.3 Å². The van der Waals surface area contributed by atoms with E-state index >= 15 is 0 Å². The van der Waals surface area contributed by atoms with Crippen molar-refractivity contribution in [1.29, 1.82) is 0 Å². The number of phenolic OH excluding ortho intramolecular Hbond substituents is 1. The second kappa shape index (κ2) is 13.9. The Morgan fingerprint density at radius 2 is 1.07 bits per heavy atom. The van der Waals surface area contributed by atoms with Gasteiger partial charge in [0, 0.05) is 29.9 Å². The molecule has 8 aromatic rings. The summed E-state index contributed by atoms with van der Waals surface area (Å²) in [7, 11) is 2.06. The number of hydrogen-bond donors (Lipinski definition) is 1. The highest BCUT2D eigenvalue weighted by atomic mass is 16.3. The molecule has 272 valence electrons. The highest BCUT2D eigenvalue weighted by Crippen LogP contribution is 2.44. The maximum Gasteiger partial charge on any atom is 0.144 e. The topological polar surface area (TPSA) is 50.9 Å². The van der Waals surface area contributed by atoms with E-state index in [1.165, 1.54) is 11.1 Å². The number of aromatic nitrogens is 3. The van der Waals surface area contributed by atoms with E-state index in [-0.39, 0.29) is 16.6 Å². The summed E-state index contributed by atoms with van der Waals surface area (Å²) in [6.45, 7) is 13.1. The molecule has 8 rings (SSSR count). The molecule has 0 saturated carbocycles. The molecule has 0 atom stereocenters. The van der Waals surface area contributed by atoms with Gasteiger partial charge in [-0.15, -0.1) is 0 Å². The van der Waals surface area contributed by atoms with Gasteiger partial charge in [0.1, 0.15) is 11.6 Å². The maximum absolute atomic E-state index is 11.9. The minimum Gasteiger partial charge on any atom is -0.507 e. The van der Waals surface area contributed by atoms with Crippen LogP contribution in [0.3, 0.4) is 0 Å². The van der Waals surface area contributed by atoms with Gasteiger partial charge < -0.3 is 9.67 Å². The lowest BCUT2D eigenvalue weighted by atomic mass is 9.79. The summed E-state index contributed by atoms with van der Waals surface area (Å²) in [5, 5.41) is 11.9. The Labute approximate surface area is 324 Å². The second-order valence-electron chi connectivity index (χ2n) is 16.6. The molecular formula is C51H47N3O. The fraction of sp³-hybridized carbons (Fsp3) is 0.176. The van der Waals surface area contributed by atoms with Gasteiger partial charge in [-0.2, -0.15) is 0 Å². The molecule has 55 heavy (non-hydrogen) atoms. The van der Waals surface area contributed by atoms with Crippen molar-refractivity contribution in [2.75, 3.05) is 0 Å². The number of phenols is 1.